The van der Waals surface area contributed by atoms with Crippen molar-refractivity contribution in [1.82, 2.24) is 10.2 Å². The lowest BCUT2D eigenvalue weighted by atomic mass is 9.77. The molecule has 0 aliphatic carbocycles. The van der Waals surface area contributed by atoms with E-state index in [2.05, 4.69) is 59.0 Å². The van der Waals surface area contributed by atoms with Gasteiger partial charge < -0.3 is 10.4 Å². The van der Waals surface area contributed by atoms with Crippen molar-refractivity contribution in [3.8, 4) is 0 Å². The lowest BCUT2D eigenvalue weighted by Gasteiger charge is -2.48. The molecule has 34 heavy (non-hydrogen) atoms. The third-order valence-corrected chi connectivity index (χ3v) is 7.42. The molecule has 1 aromatic carbocycles. The fourth-order valence-electron chi connectivity index (χ4n) is 4.89. The number of urea groups is 1. The number of halogens is 1. The Bertz CT molecular complexity index is 934. The van der Waals surface area contributed by atoms with E-state index in [9.17, 15) is 14.7 Å². The molecule has 0 radical (unpaired) electrons. The number of aliphatic carboxylic acids is 1. The molecule has 1 unspecified atom stereocenters. The Labute approximate surface area is 210 Å². The van der Waals surface area contributed by atoms with Crippen LogP contribution in [0.15, 0.2) is 30.0 Å². The van der Waals surface area contributed by atoms with E-state index in [1.165, 1.54) is 0 Å². The lowest BCUT2D eigenvalue weighted by molar-refractivity contribution is -0.137. The Morgan fingerprint density at radius 3 is 2.32 bits per heavy atom. The van der Waals surface area contributed by atoms with Gasteiger partial charge in [-0.15, -0.1) is 0 Å². The highest BCUT2D eigenvalue weighted by molar-refractivity contribution is 6.31. The third-order valence-electron chi connectivity index (χ3n) is 7.07. The molecule has 2 atom stereocenters. The van der Waals surface area contributed by atoms with Crippen LogP contribution in [0.4, 0.5) is 4.79 Å². The molecule has 190 valence electrons. The summed E-state index contributed by atoms with van der Waals surface area (Å²) in [6, 6.07) is 5.94. The molecule has 0 fully saturated rings. The van der Waals surface area contributed by atoms with Crippen molar-refractivity contribution in [3.05, 3.63) is 46.1 Å². The van der Waals surface area contributed by atoms with Crippen LogP contribution < -0.4 is 5.32 Å². The standard InChI is InChI=1S/C28H43ClN2O3/c1-9-14-27(7,16-13-24(32)33)31-18-22(19(2)3)28(8,30-25(31)34)21-11-10-20(23(29)17-21)12-15-26(4,5)6/h10-11,17-19H,9,12-16H2,1-8H3,(H,30,34)(H,32,33)/t27?,28-/m0/s1. The second-order valence-electron chi connectivity index (χ2n) is 11.7. The molecule has 1 heterocycles. The van der Waals surface area contributed by atoms with Gasteiger partial charge in [-0.05, 0) is 73.6 Å². The summed E-state index contributed by atoms with van der Waals surface area (Å²) < 4.78 is 0. The number of nitrogens with zero attached hydrogens (tertiary/aromatic N) is 1. The first-order chi connectivity index (χ1) is 15.6. The van der Waals surface area contributed by atoms with Gasteiger partial charge in [-0.25, -0.2) is 4.79 Å². The van der Waals surface area contributed by atoms with Crippen LogP contribution in [0.2, 0.25) is 5.02 Å². The number of rotatable bonds is 10. The van der Waals surface area contributed by atoms with E-state index in [4.69, 9.17) is 11.6 Å². The summed E-state index contributed by atoms with van der Waals surface area (Å²) in [5.74, 6) is -0.684. The first-order valence-corrected chi connectivity index (χ1v) is 12.8. The van der Waals surface area contributed by atoms with Crippen LogP contribution in [0, 0.1) is 11.3 Å². The maximum Gasteiger partial charge on any atom is 0.322 e. The highest BCUT2D eigenvalue weighted by Gasteiger charge is 2.44. The molecule has 0 aromatic heterocycles. The number of carbonyl (C=O) groups excluding carboxylic acids is 1. The Morgan fingerprint density at radius 1 is 1.18 bits per heavy atom. The zero-order valence-corrected chi connectivity index (χ0v) is 23.0. The quantitative estimate of drug-likeness (QED) is 0.356. The van der Waals surface area contributed by atoms with Crippen LogP contribution in [0.25, 0.3) is 0 Å². The number of carboxylic acids is 1. The van der Waals surface area contributed by atoms with Crippen molar-refractivity contribution in [1.29, 1.82) is 0 Å². The number of nitrogens with one attached hydrogen (secondary N) is 1. The van der Waals surface area contributed by atoms with Gasteiger partial charge in [0.05, 0.1) is 5.54 Å². The van der Waals surface area contributed by atoms with Crippen LogP contribution >= 0.6 is 11.6 Å². The fraction of sp³-hybridized carbons (Fsp3) is 0.643. The van der Waals surface area contributed by atoms with Crippen molar-refractivity contribution in [3.63, 3.8) is 0 Å². The van der Waals surface area contributed by atoms with E-state index >= 15 is 0 Å². The maximum absolute atomic E-state index is 13.5. The molecule has 6 heteroatoms. The van der Waals surface area contributed by atoms with Gasteiger partial charge in [0.1, 0.15) is 0 Å². The minimum Gasteiger partial charge on any atom is -0.481 e. The molecule has 2 N–H and O–H groups in total. The average Bonchev–Trinajstić information content (AvgIpc) is 2.70. The summed E-state index contributed by atoms with van der Waals surface area (Å²) in [5, 5.41) is 13.2. The largest absolute Gasteiger partial charge is 0.481 e. The van der Waals surface area contributed by atoms with Gasteiger partial charge in [0, 0.05) is 23.2 Å². The Kier molecular flexibility index (Phi) is 8.90. The van der Waals surface area contributed by atoms with E-state index in [1.807, 2.05) is 26.1 Å². The Balaban J connectivity index is 2.47. The summed E-state index contributed by atoms with van der Waals surface area (Å²) in [4.78, 5) is 26.5. The fourth-order valence-corrected chi connectivity index (χ4v) is 5.17. The Hall–Kier alpha value is -2.01. The van der Waals surface area contributed by atoms with Gasteiger partial charge in [-0.3, -0.25) is 9.69 Å². The van der Waals surface area contributed by atoms with Crippen LogP contribution in [0.1, 0.15) is 98.6 Å². The number of aryl methyl sites for hydroxylation is 1. The molecule has 1 aliphatic heterocycles. The maximum atomic E-state index is 13.5. The monoisotopic (exact) mass is 490 g/mol. The molecule has 1 aliphatic rings. The average molecular weight is 491 g/mol. The minimum atomic E-state index is -0.848. The summed E-state index contributed by atoms with van der Waals surface area (Å²) >= 11 is 6.72. The van der Waals surface area contributed by atoms with E-state index in [0.717, 1.165) is 47.4 Å². The van der Waals surface area contributed by atoms with E-state index in [-0.39, 0.29) is 23.8 Å². The van der Waals surface area contributed by atoms with Crippen molar-refractivity contribution >= 4 is 23.6 Å². The highest BCUT2D eigenvalue weighted by atomic mass is 35.5. The van der Waals surface area contributed by atoms with Crippen LogP contribution in [0.5, 0.6) is 0 Å². The molecule has 5 nitrogen and oxygen atoms in total. The number of carbonyl (C=O) groups is 2. The lowest BCUT2D eigenvalue weighted by Crippen LogP contribution is -2.60. The molecule has 0 saturated heterocycles. The molecule has 0 bridgehead atoms. The van der Waals surface area contributed by atoms with Gasteiger partial charge in [0.25, 0.3) is 0 Å². The smallest absolute Gasteiger partial charge is 0.322 e. The first-order valence-electron chi connectivity index (χ1n) is 12.5. The summed E-state index contributed by atoms with van der Waals surface area (Å²) in [7, 11) is 0. The minimum absolute atomic E-state index is 0.0219. The molecule has 1 aromatic rings. The predicted molar refractivity (Wildman–Crippen MR) is 140 cm³/mol. The summed E-state index contributed by atoms with van der Waals surface area (Å²) in [5.41, 5.74) is 2.10. The zero-order valence-electron chi connectivity index (χ0n) is 22.2. The number of hydrogen-bond acceptors (Lipinski definition) is 2. The SMILES string of the molecule is CCCC(C)(CCC(=O)O)N1C=C(C(C)C)[C@](C)(c2ccc(CCC(C)(C)C)c(Cl)c2)NC1=O. The highest BCUT2D eigenvalue weighted by Crippen LogP contribution is 2.41. The van der Waals surface area contributed by atoms with Crippen molar-refractivity contribution in [2.24, 2.45) is 11.3 Å². The second-order valence-corrected chi connectivity index (χ2v) is 12.1. The van der Waals surface area contributed by atoms with Crippen LogP contribution in [-0.2, 0) is 16.8 Å². The number of amides is 2. The number of benzene rings is 1. The van der Waals surface area contributed by atoms with E-state index in [0.29, 0.717) is 6.42 Å². The predicted octanol–water partition coefficient (Wildman–Crippen LogP) is 7.52. The van der Waals surface area contributed by atoms with Crippen molar-refractivity contribution < 1.29 is 14.7 Å². The second kappa shape index (κ2) is 10.7. The Morgan fingerprint density at radius 2 is 1.82 bits per heavy atom. The summed E-state index contributed by atoms with van der Waals surface area (Å²) in [6.07, 6.45) is 5.91. The first kappa shape index (κ1) is 28.2. The van der Waals surface area contributed by atoms with Gasteiger partial charge in [-0.1, -0.05) is 71.7 Å². The van der Waals surface area contributed by atoms with Gasteiger partial charge in [0.2, 0.25) is 0 Å². The van der Waals surface area contributed by atoms with E-state index < -0.39 is 17.0 Å². The van der Waals surface area contributed by atoms with Crippen molar-refractivity contribution in [2.75, 3.05) is 0 Å². The van der Waals surface area contributed by atoms with Gasteiger partial charge >= 0.3 is 12.0 Å². The molecule has 0 spiro atoms. The normalized spacial score (nSPS) is 20.7. The number of hydrogen-bond donors (Lipinski definition) is 2. The van der Waals surface area contributed by atoms with Gasteiger partial charge in [0.15, 0.2) is 0 Å². The van der Waals surface area contributed by atoms with Crippen LogP contribution in [0.3, 0.4) is 0 Å². The molecular formula is C28H43ClN2O3. The number of carboxylic acid groups (broad SMARTS) is 1. The third kappa shape index (κ3) is 6.56. The molecule has 2 amide bonds. The molecular weight excluding hydrogens is 448 g/mol. The molecule has 0 saturated carbocycles. The zero-order chi connectivity index (χ0) is 25.9. The van der Waals surface area contributed by atoms with Gasteiger partial charge in [-0.2, -0.15) is 0 Å². The summed E-state index contributed by atoms with van der Waals surface area (Å²) in [6.45, 7) is 17.0. The van der Waals surface area contributed by atoms with Crippen LogP contribution in [-0.4, -0.2) is 27.5 Å². The van der Waals surface area contributed by atoms with Crippen molar-refractivity contribution in [2.45, 2.75) is 105 Å². The topological polar surface area (TPSA) is 69.6 Å². The molecule has 2 rings (SSSR count). The van der Waals surface area contributed by atoms with E-state index in [1.54, 1.807) is 4.90 Å².